The average Bonchev–Trinajstić information content (AvgIpc) is 2.78. The molecule has 0 bridgehead atoms. The van der Waals surface area contributed by atoms with Gasteiger partial charge in [0.25, 0.3) is 0 Å². The van der Waals surface area contributed by atoms with E-state index in [1.807, 2.05) is 24.2 Å². The molecule has 0 saturated heterocycles. The molecule has 2 atom stereocenters. The van der Waals surface area contributed by atoms with E-state index in [2.05, 4.69) is 36.1 Å². The van der Waals surface area contributed by atoms with Crippen LogP contribution in [0.4, 0.5) is 0 Å². The second-order valence-corrected chi connectivity index (χ2v) is 5.14. The first-order valence-electron chi connectivity index (χ1n) is 6.21. The lowest BCUT2D eigenvalue weighted by Crippen LogP contribution is -2.37. The predicted octanol–water partition coefficient (Wildman–Crippen LogP) is 3.06. The second kappa shape index (κ2) is 7.74. The summed E-state index contributed by atoms with van der Waals surface area (Å²) in [5.74, 6) is 0. The highest BCUT2D eigenvalue weighted by molar-refractivity contribution is 7.99. The monoisotopic (exact) mass is 241 g/mol. The van der Waals surface area contributed by atoms with Gasteiger partial charge in [0.1, 0.15) is 0 Å². The Labute approximate surface area is 103 Å². The molecule has 0 aliphatic rings. The Balaban J connectivity index is 2.55. The van der Waals surface area contributed by atoms with E-state index < -0.39 is 0 Å². The van der Waals surface area contributed by atoms with Crippen molar-refractivity contribution in [3.63, 3.8) is 0 Å². The first-order chi connectivity index (χ1) is 7.81. The van der Waals surface area contributed by atoms with Crippen LogP contribution in [0.25, 0.3) is 0 Å². The molecule has 1 heterocycles. The molecule has 1 rings (SSSR count). The predicted molar refractivity (Wildman–Crippen MR) is 70.9 cm³/mol. The van der Waals surface area contributed by atoms with Crippen molar-refractivity contribution in [1.82, 2.24) is 15.3 Å². The summed E-state index contributed by atoms with van der Waals surface area (Å²) < 4.78 is 0. The standard InChI is InChI=1S/C12H23N3S/c1-4-7-10(13-6-3)11(5-2)16-12-14-8-9-15-12/h8-11,13H,4-7H2,1-3H3,(H,14,15). The maximum Gasteiger partial charge on any atom is 0.165 e. The molecule has 0 spiro atoms. The molecule has 1 aromatic rings. The fourth-order valence-electron chi connectivity index (χ4n) is 1.90. The maximum atomic E-state index is 4.29. The third-order valence-corrected chi connectivity index (χ3v) is 4.06. The van der Waals surface area contributed by atoms with Gasteiger partial charge in [0.15, 0.2) is 5.16 Å². The van der Waals surface area contributed by atoms with Crippen molar-refractivity contribution in [1.29, 1.82) is 0 Å². The van der Waals surface area contributed by atoms with E-state index in [0.29, 0.717) is 11.3 Å². The van der Waals surface area contributed by atoms with Gasteiger partial charge >= 0.3 is 0 Å². The van der Waals surface area contributed by atoms with Crippen LogP contribution in [0.15, 0.2) is 17.6 Å². The molecule has 0 aliphatic carbocycles. The van der Waals surface area contributed by atoms with Gasteiger partial charge in [-0.05, 0) is 19.4 Å². The van der Waals surface area contributed by atoms with Gasteiger partial charge in [-0.2, -0.15) is 0 Å². The van der Waals surface area contributed by atoms with Crippen LogP contribution in [0.2, 0.25) is 0 Å². The molecule has 0 aliphatic heterocycles. The molecule has 4 heteroatoms. The van der Waals surface area contributed by atoms with Crippen LogP contribution in [0.3, 0.4) is 0 Å². The number of rotatable bonds is 8. The lowest BCUT2D eigenvalue weighted by molar-refractivity contribution is 0.465. The molecule has 0 aromatic carbocycles. The summed E-state index contributed by atoms with van der Waals surface area (Å²) in [4.78, 5) is 7.45. The summed E-state index contributed by atoms with van der Waals surface area (Å²) in [5, 5.41) is 5.22. The SMILES string of the molecule is CCCC(NCC)C(CC)Sc1ncc[nH]1. The zero-order chi connectivity index (χ0) is 11.8. The van der Waals surface area contributed by atoms with E-state index in [9.17, 15) is 0 Å². The molecule has 0 saturated carbocycles. The van der Waals surface area contributed by atoms with E-state index in [-0.39, 0.29) is 0 Å². The topological polar surface area (TPSA) is 40.7 Å². The highest BCUT2D eigenvalue weighted by Crippen LogP contribution is 2.26. The van der Waals surface area contributed by atoms with E-state index >= 15 is 0 Å². The fraction of sp³-hybridized carbons (Fsp3) is 0.750. The fourth-order valence-corrected chi connectivity index (χ4v) is 3.01. The number of H-pyrrole nitrogens is 1. The smallest absolute Gasteiger partial charge is 0.165 e. The quantitative estimate of drug-likeness (QED) is 0.687. The Morgan fingerprint density at radius 2 is 2.25 bits per heavy atom. The zero-order valence-corrected chi connectivity index (χ0v) is 11.3. The van der Waals surface area contributed by atoms with Crippen LogP contribution in [0.5, 0.6) is 0 Å². The number of thioether (sulfide) groups is 1. The minimum atomic E-state index is 0.593. The van der Waals surface area contributed by atoms with Gasteiger partial charge in [-0.25, -0.2) is 4.98 Å². The molecule has 16 heavy (non-hydrogen) atoms. The Morgan fingerprint density at radius 1 is 1.44 bits per heavy atom. The van der Waals surface area contributed by atoms with Gasteiger partial charge in [-0.15, -0.1) is 0 Å². The highest BCUT2D eigenvalue weighted by Gasteiger charge is 2.20. The lowest BCUT2D eigenvalue weighted by atomic mass is 10.1. The van der Waals surface area contributed by atoms with Crippen LogP contribution in [0.1, 0.15) is 40.0 Å². The number of hydrogen-bond donors (Lipinski definition) is 2. The average molecular weight is 241 g/mol. The summed E-state index contributed by atoms with van der Waals surface area (Å²) >= 11 is 1.85. The summed E-state index contributed by atoms with van der Waals surface area (Å²) in [5.41, 5.74) is 0. The van der Waals surface area contributed by atoms with E-state index in [0.717, 1.165) is 11.7 Å². The highest BCUT2D eigenvalue weighted by atomic mass is 32.2. The summed E-state index contributed by atoms with van der Waals surface area (Å²) in [6, 6.07) is 0.593. The Hall–Kier alpha value is -0.480. The van der Waals surface area contributed by atoms with Crippen LogP contribution >= 0.6 is 11.8 Å². The van der Waals surface area contributed by atoms with Crippen molar-refractivity contribution in [3.8, 4) is 0 Å². The van der Waals surface area contributed by atoms with E-state index in [1.165, 1.54) is 19.3 Å². The molecule has 3 nitrogen and oxygen atoms in total. The molecule has 1 aromatic heterocycles. The van der Waals surface area contributed by atoms with Crippen molar-refractivity contribution in [2.45, 2.75) is 56.5 Å². The number of nitrogens with zero attached hydrogens (tertiary/aromatic N) is 1. The molecule has 0 amide bonds. The molecule has 0 radical (unpaired) electrons. The minimum absolute atomic E-state index is 0.593. The molecular weight excluding hydrogens is 218 g/mol. The molecule has 2 unspecified atom stereocenters. The molecule has 92 valence electrons. The molecular formula is C12H23N3S. The van der Waals surface area contributed by atoms with Crippen molar-refractivity contribution >= 4 is 11.8 Å². The van der Waals surface area contributed by atoms with Gasteiger partial charge < -0.3 is 10.3 Å². The first kappa shape index (κ1) is 13.6. The Bertz CT molecular complexity index is 255. The van der Waals surface area contributed by atoms with E-state index in [4.69, 9.17) is 0 Å². The van der Waals surface area contributed by atoms with Gasteiger partial charge in [-0.3, -0.25) is 0 Å². The van der Waals surface area contributed by atoms with Crippen molar-refractivity contribution in [2.24, 2.45) is 0 Å². The summed E-state index contributed by atoms with van der Waals surface area (Å²) in [7, 11) is 0. The number of aromatic nitrogens is 2. The lowest BCUT2D eigenvalue weighted by Gasteiger charge is -2.25. The minimum Gasteiger partial charge on any atom is -0.340 e. The summed E-state index contributed by atoms with van der Waals surface area (Å²) in [6.45, 7) is 7.71. The maximum absolute atomic E-state index is 4.29. The number of aromatic amines is 1. The van der Waals surface area contributed by atoms with Crippen LogP contribution in [0, 0.1) is 0 Å². The van der Waals surface area contributed by atoms with Crippen LogP contribution < -0.4 is 5.32 Å². The molecule has 0 fully saturated rings. The van der Waals surface area contributed by atoms with E-state index in [1.54, 1.807) is 0 Å². The van der Waals surface area contributed by atoms with Crippen LogP contribution in [-0.4, -0.2) is 27.8 Å². The van der Waals surface area contributed by atoms with Gasteiger partial charge in [-0.1, -0.05) is 39.0 Å². The van der Waals surface area contributed by atoms with Gasteiger partial charge in [0, 0.05) is 23.7 Å². The Morgan fingerprint density at radius 3 is 2.75 bits per heavy atom. The number of imidazole rings is 1. The van der Waals surface area contributed by atoms with Crippen molar-refractivity contribution < 1.29 is 0 Å². The number of hydrogen-bond acceptors (Lipinski definition) is 3. The normalized spacial score (nSPS) is 14.9. The third kappa shape index (κ3) is 4.18. The molecule has 2 N–H and O–H groups in total. The van der Waals surface area contributed by atoms with Gasteiger partial charge in [0.05, 0.1) is 0 Å². The van der Waals surface area contributed by atoms with Crippen molar-refractivity contribution in [3.05, 3.63) is 12.4 Å². The second-order valence-electron chi connectivity index (χ2n) is 3.91. The Kier molecular flexibility index (Phi) is 6.57. The first-order valence-corrected chi connectivity index (χ1v) is 7.09. The van der Waals surface area contributed by atoms with Gasteiger partial charge in [0.2, 0.25) is 0 Å². The number of nitrogens with one attached hydrogen (secondary N) is 2. The van der Waals surface area contributed by atoms with Crippen LogP contribution in [-0.2, 0) is 0 Å². The zero-order valence-electron chi connectivity index (χ0n) is 10.5. The van der Waals surface area contributed by atoms with Crippen molar-refractivity contribution in [2.75, 3.05) is 6.54 Å². The summed E-state index contributed by atoms with van der Waals surface area (Å²) in [6.07, 6.45) is 7.34. The largest absolute Gasteiger partial charge is 0.340 e. The third-order valence-electron chi connectivity index (χ3n) is 2.65.